The Labute approximate surface area is 73.8 Å². The fourth-order valence-electron chi connectivity index (χ4n) is 0.692. The molecule has 0 saturated heterocycles. The zero-order chi connectivity index (χ0) is 10.1. The average molecular weight is 212 g/mol. The SMILES string of the molecule is O=[S@](c1ccc(F)cc1)C(F)(F)F. The summed E-state index contributed by atoms with van der Waals surface area (Å²) in [5, 5.41) is 0. The maximum Gasteiger partial charge on any atom is 0.475 e. The van der Waals surface area contributed by atoms with Crippen molar-refractivity contribution >= 4 is 10.8 Å². The molecule has 0 unspecified atom stereocenters. The van der Waals surface area contributed by atoms with Crippen LogP contribution in [0.25, 0.3) is 0 Å². The van der Waals surface area contributed by atoms with Crippen molar-refractivity contribution in [2.45, 2.75) is 10.4 Å². The van der Waals surface area contributed by atoms with E-state index in [1.54, 1.807) is 0 Å². The maximum atomic E-state index is 12.3. The van der Waals surface area contributed by atoms with Crippen LogP contribution in [0.3, 0.4) is 0 Å². The molecule has 0 bridgehead atoms. The third-order valence-corrected chi connectivity index (χ3v) is 2.36. The largest absolute Gasteiger partial charge is 0.475 e. The van der Waals surface area contributed by atoms with Gasteiger partial charge in [-0.15, -0.1) is 0 Å². The van der Waals surface area contributed by atoms with Gasteiger partial charge in [-0.05, 0) is 24.3 Å². The van der Waals surface area contributed by atoms with E-state index in [4.69, 9.17) is 0 Å². The van der Waals surface area contributed by atoms with Gasteiger partial charge in [-0.1, -0.05) is 0 Å². The summed E-state index contributed by atoms with van der Waals surface area (Å²) < 4.78 is 58.4. The standard InChI is InChI=1S/C7H4F4OS/c8-5-1-3-6(4-2-5)13(12)7(9,10)11/h1-4H/t13-/m1/s1. The first kappa shape index (κ1) is 10.2. The van der Waals surface area contributed by atoms with E-state index in [9.17, 15) is 21.8 Å². The average Bonchev–Trinajstić information content (AvgIpc) is 2.03. The van der Waals surface area contributed by atoms with Crippen molar-refractivity contribution in [3.63, 3.8) is 0 Å². The smallest absolute Gasteiger partial charge is 0.245 e. The lowest BCUT2D eigenvalue weighted by Gasteiger charge is -2.04. The molecule has 0 radical (unpaired) electrons. The van der Waals surface area contributed by atoms with Gasteiger partial charge in [0, 0.05) is 4.90 Å². The van der Waals surface area contributed by atoms with Crippen molar-refractivity contribution in [2.24, 2.45) is 0 Å². The van der Waals surface area contributed by atoms with Crippen molar-refractivity contribution in [1.29, 1.82) is 0 Å². The summed E-state index contributed by atoms with van der Waals surface area (Å²) in [7, 11) is -3.08. The maximum absolute atomic E-state index is 12.3. The molecule has 0 N–H and O–H groups in total. The molecule has 0 aliphatic rings. The van der Waals surface area contributed by atoms with Crippen LogP contribution in [0.15, 0.2) is 29.2 Å². The lowest BCUT2D eigenvalue weighted by Crippen LogP contribution is -2.16. The zero-order valence-electron chi connectivity index (χ0n) is 6.14. The lowest BCUT2D eigenvalue weighted by atomic mass is 10.4. The first-order valence-electron chi connectivity index (χ1n) is 3.15. The second-order valence-corrected chi connectivity index (χ2v) is 3.64. The molecule has 72 valence electrons. The highest BCUT2D eigenvalue weighted by atomic mass is 32.2. The van der Waals surface area contributed by atoms with Crippen LogP contribution in [0.4, 0.5) is 17.6 Å². The number of hydrogen-bond donors (Lipinski definition) is 0. The summed E-state index contributed by atoms with van der Waals surface area (Å²) in [6.45, 7) is 0. The molecule has 0 aliphatic heterocycles. The molecule has 0 amide bonds. The van der Waals surface area contributed by atoms with Crippen molar-refractivity contribution < 1.29 is 21.8 Å². The molecule has 1 rings (SSSR count). The van der Waals surface area contributed by atoms with E-state index in [2.05, 4.69) is 0 Å². The monoisotopic (exact) mass is 212 g/mol. The van der Waals surface area contributed by atoms with Crippen LogP contribution < -0.4 is 0 Å². The Hall–Kier alpha value is -0.910. The van der Waals surface area contributed by atoms with Crippen LogP contribution in [-0.4, -0.2) is 9.72 Å². The van der Waals surface area contributed by atoms with Gasteiger partial charge in [0.25, 0.3) is 0 Å². The Morgan fingerprint density at radius 2 is 1.54 bits per heavy atom. The van der Waals surface area contributed by atoms with Gasteiger partial charge in [0.15, 0.2) is 10.8 Å². The van der Waals surface area contributed by atoms with Crippen LogP contribution in [0.5, 0.6) is 0 Å². The molecular weight excluding hydrogens is 208 g/mol. The van der Waals surface area contributed by atoms with E-state index in [1.807, 2.05) is 0 Å². The summed E-state index contributed by atoms with van der Waals surface area (Å²) in [5.74, 6) is -0.664. The highest BCUT2D eigenvalue weighted by Crippen LogP contribution is 2.25. The molecule has 6 heteroatoms. The van der Waals surface area contributed by atoms with E-state index in [-0.39, 0.29) is 0 Å². The van der Waals surface area contributed by atoms with Gasteiger partial charge in [-0.25, -0.2) is 8.60 Å². The predicted molar refractivity (Wildman–Crippen MR) is 38.9 cm³/mol. The second kappa shape index (κ2) is 3.45. The third-order valence-electron chi connectivity index (χ3n) is 1.24. The highest BCUT2D eigenvalue weighted by Gasteiger charge is 2.37. The first-order valence-corrected chi connectivity index (χ1v) is 4.30. The molecule has 0 aromatic heterocycles. The molecule has 1 aromatic carbocycles. The Morgan fingerprint density at radius 3 is 1.92 bits per heavy atom. The first-order chi connectivity index (χ1) is 5.91. The molecule has 13 heavy (non-hydrogen) atoms. The fraction of sp³-hybridized carbons (Fsp3) is 0.143. The summed E-state index contributed by atoms with van der Waals surface area (Å²) in [5.41, 5.74) is -4.79. The van der Waals surface area contributed by atoms with Crippen molar-refractivity contribution in [2.75, 3.05) is 0 Å². The van der Waals surface area contributed by atoms with Gasteiger partial charge >= 0.3 is 5.51 Å². The van der Waals surface area contributed by atoms with E-state index < -0.39 is 27.0 Å². The van der Waals surface area contributed by atoms with Crippen LogP contribution in [-0.2, 0) is 10.8 Å². The molecule has 0 fully saturated rings. The molecular formula is C7H4F4OS. The summed E-state index contributed by atoms with van der Waals surface area (Å²) in [6.07, 6.45) is 0. The van der Waals surface area contributed by atoms with E-state index in [0.717, 1.165) is 24.3 Å². The van der Waals surface area contributed by atoms with E-state index in [0.29, 0.717) is 0 Å². The number of benzene rings is 1. The van der Waals surface area contributed by atoms with Crippen LogP contribution in [0.1, 0.15) is 0 Å². The van der Waals surface area contributed by atoms with Gasteiger partial charge in [-0.3, -0.25) is 0 Å². The molecule has 0 spiro atoms. The Morgan fingerprint density at radius 1 is 1.08 bits per heavy atom. The Balaban J connectivity index is 2.97. The van der Waals surface area contributed by atoms with Gasteiger partial charge in [-0.2, -0.15) is 13.2 Å². The molecule has 1 aromatic rings. The molecule has 0 heterocycles. The highest BCUT2D eigenvalue weighted by molar-refractivity contribution is 7.86. The summed E-state index contributed by atoms with van der Waals surface area (Å²) in [6, 6.07) is 3.36. The molecule has 0 aliphatic carbocycles. The zero-order valence-corrected chi connectivity index (χ0v) is 6.95. The number of halogens is 4. The number of hydrogen-bond acceptors (Lipinski definition) is 1. The summed E-state index contributed by atoms with van der Waals surface area (Å²) in [4.78, 5) is -0.450. The minimum atomic E-state index is -4.79. The normalized spacial score (nSPS) is 14.2. The molecule has 1 nitrogen and oxygen atoms in total. The van der Waals surface area contributed by atoms with E-state index >= 15 is 0 Å². The van der Waals surface area contributed by atoms with Crippen LogP contribution in [0.2, 0.25) is 0 Å². The topological polar surface area (TPSA) is 17.1 Å². The predicted octanol–water partition coefficient (Wildman–Crippen LogP) is 2.45. The minimum absolute atomic E-state index is 0.450. The van der Waals surface area contributed by atoms with Crippen molar-refractivity contribution in [3.8, 4) is 0 Å². The van der Waals surface area contributed by atoms with Crippen LogP contribution >= 0.6 is 0 Å². The number of alkyl halides is 3. The van der Waals surface area contributed by atoms with Crippen molar-refractivity contribution in [1.82, 2.24) is 0 Å². The number of rotatable bonds is 1. The Kier molecular flexibility index (Phi) is 2.70. The minimum Gasteiger partial charge on any atom is -0.245 e. The van der Waals surface area contributed by atoms with Gasteiger partial charge in [0.1, 0.15) is 5.82 Å². The van der Waals surface area contributed by atoms with E-state index in [1.165, 1.54) is 0 Å². The van der Waals surface area contributed by atoms with Gasteiger partial charge in [0.2, 0.25) is 0 Å². The third kappa shape index (κ3) is 2.51. The summed E-state index contributed by atoms with van der Waals surface area (Å²) >= 11 is 0. The fourth-order valence-corrected chi connectivity index (χ4v) is 1.34. The lowest BCUT2D eigenvalue weighted by molar-refractivity contribution is -0.0384. The van der Waals surface area contributed by atoms with Crippen molar-refractivity contribution in [3.05, 3.63) is 30.1 Å². The Bertz CT molecular complexity index is 316. The second-order valence-electron chi connectivity index (χ2n) is 2.17. The van der Waals surface area contributed by atoms with Gasteiger partial charge in [0.05, 0.1) is 0 Å². The van der Waals surface area contributed by atoms with Crippen LogP contribution in [0, 0.1) is 5.82 Å². The van der Waals surface area contributed by atoms with Gasteiger partial charge < -0.3 is 0 Å². The quantitative estimate of drug-likeness (QED) is 0.653. The molecule has 1 atom stereocenters. The molecule has 0 saturated carbocycles.